The molecule has 0 spiro atoms. The molecule has 4 N–H and O–H groups in total. The summed E-state index contributed by atoms with van der Waals surface area (Å²) in [5.74, 6) is 5.79. The summed E-state index contributed by atoms with van der Waals surface area (Å²) in [7, 11) is 0. The minimum Gasteiger partial charge on any atom is -0.335 e. The van der Waals surface area contributed by atoms with Gasteiger partial charge in [0.15, 0.2) is 5.82 Å². The normalized spacial score (nSPS) is 10.4. The zero-order valence-corrected chi connectivity index (χ0v) is 15.4. The van der Waals surface area contributed by atoms with Gasteiger partial charge < -0.3 is 5.84 Å². The van der Waals surface area contributed by atoms with Gasteiger partial charge in [-0.3, -0.25) is 20.4 Å². The van der Waals surface area contributed by atoms with E-state index in [1.54, 1.807) is 30.3 Å². The molecule has 138 valence electrons. The Morgan fingerprint density at radius 3 is 2.44 bits per heavy atom. The molecular weight excluding hydrogens is 364 g/mol. The standard InChI is InChI=1S/C18H18N6O2S/c1-12-7-9-13(10-8-12)16-21-23-18(24(16)19)27-11-15(25)20-22-17(26)14-5-3-2-4-6-14/h2-10H,11,19H2,1H3,(H,20,25)(H,22,26). The van der Waals surface area contributed by atoms with Crippen molar-refractivity contribution in [2.45, 2.75) is 12.1 Å². The van der Waals surface area contributed by atoms with Crippen molar-refractivity contribution in [3.8, 4) is 11.4 Å². The maximum Gasteiger partial charge on any atom is 0.269 e. The van der Waals surface area contributed by atoms with E-state index in [9.17, 15) is 9.59 Å². The fourth-order valence-corrected chi connectivity index (χ4v) is 2.89. The van der Waals surface area contributed by atoms with Crippen molar-refractivity contribution in [3.63, 3.8) is 0 Å². The van der Waals surface area contributed by atoms with Crippen molar-refractivity contribution in [3.05, 3.63) is 65.7 Å². The van der Waals surface area contributed by atoms with Crippen molar-refractivity contribution in [1.82, 2.24) is 25.7 Å². The lowest BCUT2D eigenvalue weighted by Crippen LogP contribution is -2.42. The molecule has 3 aromatic rings. The maximum atomic E-state index is 11.9. The number of hydrogen-bond acceptors (Lipinski definition) is 6. The Labute approximate surface area is 160 Å². The van der Waals surface area contributed by atoms with Crippen LogP contribution in [0, 0.1) is 6.92 Å². The lowest BCUT2D eigenvalue weighted by Gasteiger charge is -2.07. The molecule has 0 atom stereocenters. The number of nitrogens with zero attached hydrogens (tertiary/aromatic N) is 3. The van der Waals surface area contributed by atoms with E-state index in [2.05, 4.69) is 21.0 Å². The fourth-order valence-electron chi connectivity index (χ4n) is 2.23. The van der Waals surface area contributed by atoms with Crippen LogP contribution >= 0.6 is 11.8 Å². The fraction of sp³-hybridized carbons (Fsp3) is 0.111. The Balaban J connectivity index is 1.53. The first kappa shape index (κ1) is 18.5. The molecular formula is C18H18N6O2S. The van der Waals surface area contributed by atoms with Crippen molar-refractivity contribution >= 4 is 23.6 Å². The number of carbonyl (C=O) groups is 2. The number of thioether (sulfide) groups is 1. The number of nitrogens with two attached hydrogens (primary N) is 1. The molecule has 1 aromatic heterocycles. The molecule has 9 heteroatoms. The molecule has 27 heavy (non-hydrogen) atoms. The van der Waals surface area contributed by atoms with Crippen molar-refractivity contribution in [1.29, 1.82) is 0 Å². The van der Waals surface area contributed by atoms with E-state index in [1.807, 2.05) is 31.2 Å². The highest BCUT2D eigenvalue weighted by atomic mass is 32.2. The molecule has 8 nitrogen and oxygen atoms in total. The van der Waals surface area contributed by atoms with E-state index in [4.69, 9.17) is 5.84 Å². The molecule has 3 rings (SSSR count). The number of hydrogen-bond donors (Lipinski definition) is 3. The largest absolute Gasteiger partial charge is 0.335 e. The van der Waals surface area contributed by atoms with E-state index in [1.165, 1.54) is 4.68 Å². The lowest BCUT2D eigenvalue weighted by molar-refractivity contribution is -0.119. The summed E-state index contributed by atoms with van der Waals surface area (Å²) in [6.07, 6.45) is 0. The van der Waals surface area contributed by atoms with Gasteiger partial charge in [0.2, 0.25) is 11.1 Å². The van der Waals surface area contributed by atoms with E-state index in [0.29, 0.717) is 16.5 Å². The van der Waals surface area contributed by atoms with Gasteiger partial charge in [-0.15, -0.1) is 10.2 Å². The van der Waals surface area contributed by atoms with Gasteiger partial charge in [0.05, 0.1) is 5.75 Å². The van der Waals surface area contributed by atoms with Gasteiger partial charge in [-0.2, -0.15) is 0 Å². The number of rotatable bonds is 5. The molecule has 1 heterocycles. The van der Waals surface area contributed by atoms with Crippen LogP contribution in [0.1, 0.15) is 15.9 Å². The summed E-state index contributed by atoms with van der Waals surface area (Å²) in [5.41, 5.74) is 7.14. The summed E-state index contributed by atoms with van der Waals surface area (Å²) in [4.78, 5) is 23.8. The maximum absolute atomic E-state index is 11.9. The van der Waals surface area contributed by atoms with Crippen LogP contribution in [-0.4, -0.2) is 32.4 Å². The van der Waals surface area contributed by atoms with Gasteiger partial charge in [-0.1, -0.05) is 59.8 Å². The quantitative estimate of drug-likeness (QED) is 0.350. The highest BCUT2D eigenvalue weighted by Crippen LogP contribution is 2.21. The SMILES string of the molecule is Cc1ccc(-c2nnc(SCC(=O)NNC(=O)c3ccccc3)n2N)cc1. The monoisotopic (exact) mass is 382 g/mol. The summed E-state index contributed by atoms with van der Waals surface area (Å²) >= 11 is 1.12. The molecule has 0 saturated heterocycles. The van der Waals surface area contributed by atoms with Gasteiger partial charge in [0.25, 0.3) is 5.91 Å². The summed E-state index contributed by atoms with van der Waals surface area (Å²) in [6.45, 7) is 1.99. The van der Waals surface area contributed by atoms with Gasteiger partial charge in [-0.25, -0.2) is 4.68 Å². The average molecular weight is 382 g/mol. The first-order chi connectivity index (χ1) is 13.0. The number of aryl methyl sites for hydroxylation is 1. The van der Waals surface area contributed by atoms with Gasteiger partial charge >= 0.3 is 0 Å². The van der Waals surface area contributed by atoms with E-state index < -0.39 is 5.91 Å². The minimum atomic E-state index is -0.391. The number of nitrogens with one attached hydrogen (secondary N) is 2. The average Bonchev–Trinajstić information content (AvgIpc) is 3.06. The first-order valence-corrected chi connectivity index (χ1v) is 9.07. The Morgan fingerprint density at radius 2 is 1.74 bits per heavy atom. The Hall–Kier alpha value is -3.33. The van der Waals surface area contributed by atoms with Crippen molar-refractivity contribution < 1.29 is 9.59 Å². The second kappa shape index (κ2) is 8.37. The van der Waals surface area contributed by atoms with Gasteiger partial charge in [0, 0.05) is 11.1 Å². The third-order valence-electron chi connectivity index (χ3n) is 3.66. The summed E-state index contributed by atoms with van der Waals surface area (Å²) in [6, 6.07) is 16.3. The second-order valence-corrected chi connectivity index (χ2v) is 6.64. The Bertz CT molecular complexity index is 940. The molecule has 0 radical (unpaired) electrons. The zero-order chi connectivity index (χ0) is 19.2. The predicted molar refractivity (Wildman–Crippen MR) is 103 cm³/mol. The lowest BCUT2D eigenvalue weighted by atomic mass is 10.1. The van der Waals surface area contributed by atoms with E-state index in [-0.39, 0.29) is 11.7 Å². The smallest absolute Gasteiger partial charge is 0.269 e. The number of amides is 2. The third kappa shape index (κ3) is 4.64. The van der Waals surface area contributed by atoms with Crippen LogP contribution in [0.4, 0.5) is 0 Å². The molecule has 0 aliphatic carbocycles. The van der Waals surface area contributed by atoms with Crippen LogP contribution in [0.3, 0.4) is 0 Å². The Morgan fingerprint density at radius 1 is 1.04 bits per heavy atom. The summed E-state index contributed by atoms with van der Waals surface area (Å²) in [5, 5.41) is 8.48. The topological polar surface area (TPSA) is 115 Å². The first-order valence-electron chi connectivity index (χ1n) is 8.09. The van der Waals surface area contributed by atoms with Crippen LogP contribution in [0.5, 0.6) is 0 Å². The van der Waals surface area contributed by atoms with Crippen LogP contribution in [0.25, 0.3) is 11.4 Å². The second-order valence-electron chi connectivity index (χ2n) is 5.70. The molecule has 2 aromatic carbocycles. The van der Waals surface area contributed by atoms with E-state index >= 15 is 0 Å². The molecule has 0 fully saturated rings. The number of carbonyl (C=O) groups excluding carboxylic acids is 2. The molecule has 0 aliphatic heterocycles. The Kier molecular flexibility index (Phi) is 5.72. The van der Waals surface area contributed by atoms with Crippen LogP contribution in [0.2, 0.25) is 0 Å². The van der Waals surface area contributed by atoms with Crippen molar-refractivity contribution in [2.24, 2.45) is 0 Å². The van der Waals surface area contributed by atoms with Crippen molar-refractivity contribution in [2.75, 3.05) is 11.6 Å². The minimum absolute atomic E-state index is 0.0261. The number of aromatic nitrogens is 3. The molecule has 2 amide bonds. The van der Waals surface area contributed by atoms with Crippen LogP contribution in [-0.2, 0) is 4.79 Å². The van der Waals surface area contributed by atoms with Crippen LogP contribution in [0.15, 0.2) is 59.8 Å². The third-order valence-corrected chi connectivity index (χ3v) is 4.60. The summed E-state index contributed by atoms with van der Waals surface area (Å²) < 4.78 is 1.34. The predicted octanol–water partition coefficient (Wildman–Crippen LogP) is 1.52. The van der Waals surface area contributed by atoms with E-state index in [0.717, 1.165) is 22.9 Å². The molecule has 0 saturated carbocycles. The van der Waals surface area contributed by atoms with Crippen LogP contribution < -0.4 is 16.7 Å². The highest BCUT2D eigenvalue weighted by molar-refractivity contribution is 7.99. The van der Waals surface area contributed by atoms with Gasteiger partial charge in [0.1, 0.15) is 0 Å². The van der Waals surface area contributed by atoms with Gasteiger partial charge in [-0.05, 0) is 19.1 Å². The molecule has 0 aliphatic rings. The highest BCUT2D eigenvalue weighted by Gasteiger charge is 2.14. The number of benzene rings is 2. The number of nitrogen functional groups attached to an aromatic ring is 1. The number of hydrazine groups is 1. The molecule has 0 bridgehead atoms. The molecule has 0 unspecified atom stereocenters. The zero-order valence-electron chi connectivity index (χ0n) is 14.5.